The van der Waals surface area contributed by atoms with Crippen LogP contribution in [0.4, 0.5) is 18.9 Å². The van der Waals surface area contributed by atoms with E-state index in [0.29, 0.717) is 12.1 Å². The number of anilines is 1. The van der Waals surface area contributed by atoms with Crippen LogP contribution < -0.4 is 11.1 Å². The second-order valence-electron chi connectivity index (χ2n) is 5.70. The summed E-state index contributed by atoms with van der Waals surface area (Å²) in [6.45, 7) is -0.955. The van der Waals surface area contributed by atoms with Crippen molar-refractivity contribution in [3.63, 3.8) is 0 Å². The van der Waals surface area contributed by atoms with Crippen molar-refractivity contribution in [3.05, 3.63) is 65.7 Å². The second kappa shape index (κ2) is 8.91. The van der Waals surface area contributed by atoms with Crippen LogP contribution >= 0.6 is 12.4 Å². The predicted molar refractivity (Wildman–Crippen MR) is 95.8 cm³/mol. The summed E-state index contributed by atoms with van der Waals surface area (Å²) in [7, 11) is 0. The number of para-hydroxylation sites is 1. The highest BCUT2D eigenvalue weighted by molar-refractivity contribution is 5.85. The molecular weight excluding hydrogens is 369 g/mol. The van der Waals surface area contributed by atoms with Gasteiger partial charge in [-0.15, -0.1) is 12.4 Å². The summed E-state index contributed by atoms with van der Waals surface area (Å²) < 4.78 is 40.0. The molecule has 0 spiro atoms. The van der Waals surface area contributed by atoms with Crippen molar-refractivity contribution < 1.29 is 23.1 Å². The predicted octanol–water partition coefficient (Wildman–Crippen LogP) is 3.19. The Hall–Kier alpha value is -2.25. The number of amides is 1. The maximum atomic E-state index is 13.3. The van der Waals surface area contributed by atoms with Crippen molar-refractivity contribution in [2.24, 2.45) is 0 Å². The highest BCUT2D eigenvalue weighted by Crippen LogP contribution is 2.38. The van der Waals surface area contributed by atoms with Crippen molar-refractivity contribution in [1.29, 1.82) is 0 Å². The molecule has 1 unspecified atom stereocenters. The molecule has 4 nitrogen and oxygen atoms in total. The van der Waals surface area contributed by atoms with E-state index in [1.165, 1.54) is 24.3 Å². The third-order valence-corrected chi connectivity index (χ3v) is 3.94. The SMILES string of the molecule is Cl.Nc1ccccc1CCC(=O)NCC(O)(c1ccccc1)C(F)(F)F. The number of aliphatic hydroxyl groups is 1. The van der Waals surface area contributed by atoms with Crippen LogP contribution in [0, 0.1) is 0 Å². The summed E-state index contributed by atoms with van der Waals surface area (Å²) >= 11 is 0. The van der Waals surface area contributed by atoms with Gasteiger partial charge in [0.15, 0.2) is 0 Å². The molecule has 0 saturated carbocycles. The van der Waals surface area contributed by atoms with Crippen molar-refractivity contribution in [3.8, 4) is 0 Å². The van der Waals surface area contributed by atoms with Gasteiger partial charge in [-0.3, -0.25) is 4.79 Å². The number of aryl methyl sites for hydroxylation is 1. The van der Waals surface area contributed by atoms with Crippen molar-refractivity contribution >= 4 is 24.0 Å². The first kappa shape index (κ1) is 21.8. The monoisotopic (exact) mass is 388 g/mol. The summed E-state index contributed by atoms with van der Waals surface area (Å²) in [6, 6.07) is 13.6. The molecule has 0 saturated heterocycles. The van der Waals surface area contributed by atoms with Gasteiger partial charge in [0.25, 0.3) is 0 Å². The number of benzene rings is 2. The molecule has 0 aliphatic carbocycles. The number of nitrogen functional groups attached to an aromatic ring is 1. The Balaban J connectivity index is 0.00000338. The lowest BCUT2D eigenvalue weighted by molar-refractivity contribution is -0.264. The second-order valence-corrected chi connectivity index (χ2v) is 5.70. The van der Waals surface area contributed by atoms with E-state index < -0.39 is 24.2 Å². The van der Waals surface area contributed by atoms with Crippen LogP contribution in [-0.2, 0) is 16.8 Å². The van der Waals surface area contributed by atoms with Crippen molar-refractivity contribution in [1.82, 2.24) is 5.32 Å². The number of carbonyl (C=O) groups excluding carboxylic acids is 1. The Morgan fingerprint density at radius 3 is 2.19 bits per heavy atom. The third-order valence-electron chi connectivity index (χ3n) is 3.94. The van der Waals surface area contributed by atoms with Gasteiger partial charge in [0, 0.05) is 12.1 Å². The van der Waals surface area contributed by atoms with Gasteiger partial charge in [-0.1, -0.05) is 48.5 Å². The number of carbonyl (C=O) groups is 1. The van der Waals surface area contributed by atoms with E-state index in [2.05, 4.69) is 5.32 Å². The molecule has 8 heteroatoms. The van der Waals surface area contributed by atoms with Crippen LogP contribution in [0.5, 0.6) is 0 Å². The molecule has 2 rings (SSSR count). The van der Waals surface area contributed by atoms with Gasteiger partial charge in [0.2, 0.25) is 11.5 Å². The molecule has 0 fully saturated rings. The van der Waals surface area contributed by atoms with Crippen LogP contribution in [0.3, 0.4) is 0 Å². The van der Waals surface area contributed by atoms with E-state index in [0.717, 1.165) is 5.56 Å². The topological polar surface area (TPSA) is 75.4 Å². The van der Waals surface area contributed by atoms with Crippen molar-refractivity contribution in [2.45, 2.75) is 24.6 Å². The number of halogens is 4. The zero-order valence-electron chi connectivity index (χ0n) is 13.8. The van der Waals surface area contributed by atoms with Gasteiger partial charge in [0.1, 0.15) is 0 Å². The summed E-state index contributed by atoms with van der Waals surface area (Å²) in [5, 5.41) is 12.3. The van der Waals surface area contributed by atoms with Crippen LogP contribution in [0.2, 0.25) is 0 Å². The van der Waals surface area contributed by atoms with E-state index in [9.17, 15) is 23.1 Å². The summed E-state index contributed by atoms with van der Waals surface area (Å²) in [4.78, 5) is 11.9. The molecule has 0 aromatic heterocycles. The van der Waals surface area contributed by atoms with Crippen LogP contribution in [0.1, 0.15) is 17.5 Å². The summed E-state index contributed by atoms with van der Waals surface area (Å²) in [5.74, 6) is -0.596. The van der Waals surface area contributed by atoms with E-state index in [1.807, 2.05) is 0 Å². The smallest absolute Gasteiger partial charge is 0.399 e. The molecule has 142 valence electrons. The van der Waals surface area contributed by atoms with E-state index in [1.54, 1.807) is 30.3 Å². The molecule has 0 bridgehead atoms. The number of nitrogens with two attached hydrogens (primary N) is 1. The normalized spacial score (nSPS) is 13.4. The molecule has 2 aromatic rings. The molecule has 0 heterocycles. The Bertz CT molecular complexity index is 726. The number of hydrogen-bond acceptors (Lipinski definition) is 3. The zero-order chi connectivity index (χ0) is 18.5. The fourth-order valence-electron chi connectivity index (χ4n) is 2.40. The van der Waals surface area contributed by atoms with Crippen LogP contribution in [-0.4, -0.2) is 23.7 Å². The fraction of sp³-hybridized carbons (Fsp3) is 0.278. The van der Waals surface area contributed by atoms with E-state index >= 15 is 0 Å². The molecule has 0 aliphatic rings. The first-order chi connectivity index (χ1) is 11.7. The number of hydrogen-bond donors (Lipinski definition) is 3. The highest BCUT2D eigenvalue weighted by atomic mass is 35.5. The van der Waals surface area contributed by atoms with Crippen molar-refractivity contribution in [2.75, 3.05) is 12.3 Å². The van der Waals surface area contributed by atoms with Gasteiger partial charge in [0.05, 0.1) is 6.54 Å². The zero-order valence-corrected chi connectivity index (χ0v) is 14.6. The Morgan fingerprint density at radius 2 is 1.62 bits per heavy atom. The molecule has 4 N–H and O–H groups in total. The highest BCUT2D eigenvalue weighted by Gasteiger charge is 2.55. The lowest BCUT2D eigenvalue weighted by atomic mass is 9.93. The Labute approximate surface area is 155 Å². The molecule has 2 aromatic carbocycles. The largest absolute Gasteiger partial charge is 0.423 e. The van der Waals surface area contributed by atoms with Crippen LogP contribution in [0.25, 0.3) is 0 Å². The van der Waals surface area contributed by atoms with Gasteiger partial charge in [-0.05, 0) is 23.6 Å². The van der Waals surface area contributed by atoms with Crippen LogP contribution in [0.15, 0.2) is 54.6 Å². The van der Waals surface area contributed by atoms with Gasteiger partial charge in [-0.2, -0.15) is 13.2 Å². The standard InChI is InChI=1S/C18H19F3N2O2.ClH/c19-18(20,21)17(25,14-7-2-1-3-8-14)12-23-16(24)11-10-13-6-4-5-9-15(13)22;/h1-9,25H,10-12,22H2,(H,23,24);1H. The number of alkyl halides is 3. The molecular formula is C18H20ClF3N2O2. The fourth-order valence-corrected chi connectivity index (χ4v) is 2.40. The Morgan fingerprint density at radius 1 is 1.04 bits per heavy atom. The van der Waals surface area contributed by atoms with Gasteiger partial charge < -0.3 is 16.2 Å². The molecule has 0 radical (unpaired) electrons. The minimum atomic E-state index is -4.93. The number of rotatable bonds is 6. The summed E-state index contributed by atoms with van der Waals surface area (Å²) in [5.41, 5.74) is 3.56. The maximum Gasteiger partial charge on any atom is 0.423 e. The van der Waals surface area contributed by atoms with Gasteiger partial charge >= 0.3 is 6.18 Å². The first-order valence-corrected chi connectivity index (χ1v) is 7.69. The minimum absolute atomic E-state index is 0. The van der Waals surface area contributed by atoms with E-state index in [-0.39, 0.29) is 24.4 Å². The number of nitrogens with one attached hydrogen (secondary N) is 1. The van der Waals surface area contributed by atoms with E-state index in [4.69, 9.17) is 5.73 Å². The molecule has 1 atom stereocenters. The maximum absolute atomic E-state index is 13.3. The third kappa shape index (κ3) is 5.12. The Kier molecular flexibility index (Phi) is 7.47. The average molecular weight is 389 g/mol. The molecule has 1 amide bonds. The average Bonchev–Trinajstić information content (AvgIpc) is 2.58. The summed E-state index contributed by atoms with van der Waals surface area (Å²) in [6.07, 6.45) is -4.66. The minimum Gasteiger partial charge on any atom is -0.399 e. The lowest BCUT2D eigenvalue weighted by Gasteiger charge is -2.31. The quantitative estimate of drug-likeness (QED) is 0.665. The molecule has 0 aliphatic heterocycles. The van der Waals surface area contributed by atoms with Gasteiger partial charge in [-0.25, -0.2) is 0 Å². The lowest BCUT2D eigenvalue weighted by Crippen LogP contribution is -2.51. The first-order valence-electron chi connectivity index (χ1n) is 7.69. The molecule has 26 heavy (non-hydrogen) atoms.